The van der Waals surface area contributed by atoms with Crippen molar-refractivity contribution in [1.82, 2.24) is 0 Å². The lowest BCUT2D eigenvalue weighted by atomic mass is 9.94. The Balaban J connectivity index is 2.57. The predicted octanol–water partition coefficient (Wildman–Crippen LogP) is 4.73. The topological polar surface area (TPSA) is 49.8 Å². The molecule has 0 fully saturated rings. The molecule has 0 bridgehead atoms. The average molecular weight is 297 g/mol. The standard InChI is InChI=1S/C18H17ClN2/c1-2-5-14-10-13(12-20)8-9-16(14)17-7-4-3-6-15(21)11-18(17)19/h2,5-11H,3-4,21H2,1H3/b5-2+,15-6?,17-7-,18-11+. The summed E-state index contributed by atoms with van der Waals surface area (Å²) in [5.41, 5.74) is 10.2. The molecule has 3 heteroatoms. The molecule has 2 rings (SSSR count). The van der Waals surface area contributed by atoms with Crippen LogP contribution in [0, 0.1) is 11.3 Å². The zero-order valence-electron chi connectivity index (χ0n) is 11.9. The third kappa shape index (κ3) is 3.65. The quantitative estimate of drug-likeness (QED) is 0.857. The molecule has 1 aliphatic rings. The fourth-order valence-corrected chi connectivity index (χ4v) is 2.60. The van der Waals surface area contributed by atoms with Crippen molar-refractivity contribution in [3.63, 3.8) is 0 Å². The first-order valence-corrected chi connectivity index (χ1v) is 7.24. The van der Waals surface area contributed by atoms with Gasteiger partial charge in [-0.15, -0.1) is 0 Å². The lowest BCUT2D eigenvalue weighted by molar-refractivity contribution is 1.03. The third-order valence-electron chi connectivity index (χ3n) is 3.26. The SMILES string of the molecule is C/C=C/c1cc(C#N)ccc1C1=C/CCC=C(N)/C=C\1Cl. The molecule has 0 heterocycles. The van der Waals surface area contributed by atoms with E-state index >= 15 is 0 Å². The van der Waals surface area contributed by atoms with Crippen LogP contribution >= 0.6 is 11.6 Å². The summed E-state index contributed by atoms with van der Waals surface area (Å²) in [5.74, 6) is 0. The summed E-state index contributed by atoms with van der Waals surface area (Å²) in [6.07, 6.45) is 11.6. The highest BCUT2D eigenvalue weighted by atomic mass is 35.5. The van der Waals surface area contributed by atoms with E-state index in [-0.39, 0.29) is 0 Å². The Kier molecular flexibility index (Phi) is 5.03. The van der Waals surface area contributed by atoms with Crippen molar-refractivity contribution >= 4 is 23.3 Å². The molecule has 0 unspecified atom stereocenters. The van der Waals surface area contributed by atoms with Gasteiger partial charge in [0.2, 0.25) is 0 Å². The maximum Gasteiger partial charge on any atom is 0.0991 e. The lowest BCUT2D eigenvalue weighted by Crippen LogP contribution is -1.98. The van der Waals surface area contributed by atoms with Gasteiger partial charge < -0.3 is 5.73 Å². The second kappa shape index (κ2) is 6.97. The first-order valence-electron chi connectivity index (χ1n) is 6.86. The highest BCUT2D eigenvalue weighted by Gasteiger charge is 2.12. The van der Waals surface area contributed by atoms with Crippen LogP contribution in [0.15, 0.2) is 53.2 Å². The molecule has 2 N–H and O–H groups in total. The van der Waals surface area contributed by atoms with Crippen molar-refractivity contribution in [3.8, 4) is 6.07 Å². The van der Waals surface area contributed by atoms with E-state index in [0.717, 1.165) is 29.5 Å². The molecular weight excluding hydrogens is 280 g/mol. The monoisotopic (exact) mass is 296 g/mol. The van der Waals surface area contributed by atoms with Gasteiger partial charge in [0.25, 0.3) is 0 Å². The van der Waals surface area contributed by atoms with E-state index in [1.54, 1.807) is 6.08 Å². The maximum absolute atomic E-state index is 9.05. The van der Waals surface area contributed by atoms with Crippen molar-refractivity contribution < 1.29 is 0 Å². The Labute approximate surface area is 130 Å². The van der Waals surface area contributed by atoms with Gasteiger partial charge >= 0.3 is 0 Å². The van der Waals surface area contributed by atoms with Crippen LogP contribution < -0.4 is 5.73 Å². The number of rotatable bonds is 2. The molecule has 1 aliphatic carbocycles. The molecular formula is C18H17ClN2. The Hall–Kier alpha value is -2.24. The van der Waals surface area contributed by atoms with Gasteiger partial charge in [0.1, 0.15) is 0 Å². The average Bonchev–Trinajstić information content (AvgIpc) is 2.46. The van der Waals surface area contributed by atoms with Crippen molar-refractivity contribution in [1.29, 1.82) is 5.26 Å². The summed E-state index contributed by atoms with van der Waals surface area (Å²) in [6, 6.07) is 7.79. The van der Waals surface area contributed by atoms with E-state index in [9.17, 15) is 0 Å². The fraction of sp³-hybridized carbons (Fsp3) is 0.167. The van der Waals surface area contributed by atoms with Crippen LogP contribution in [0.4, 0.5) is 0 Å². The fourth-order valence-electron chi connectivity index (χ4n) is 2.29. The van der Waals surface area contributed by atoms with E-state index in [0.29, 0.717) is 16.3 Å². The normalized spacial score (nSPS) is 20.5. The Morgan fingerprint density at radius 1 is 1.29 bits per heavy atom. The van der Waals surface area contributed by atoms with Crippen molar-refractivity contribution in [2.24, 2.45) is 5.73 Å². The number of halogens is 1. The van der Waals surface area contributed by atoms with E-state index in [2.05, 4.69) is 12.1 Å². The first kappa shape index (κ1) is 15.2. The van der Waals surface area contributed by atoms with Gasteiger partial charge in [-0.3, -0.25) is 0 Å². The molecule has 1 aromatic rings. The van der Waals surface area contributed by atoms with Gasteiger partial charge in [0.05, 0.1) is 16.7 Å². The minimum atomic E-state index is 0.624. The predicted molar refractivity (Wildman–Crippen MR) is 89.3 cm³/mol. The summed E-state index contributed by atoms with van der Waals surface area (Å²) in [4.78, 5) is 0. The molecule has 0 aliphatic heterocycles. The zero-order valence-corrected chi connectivity index (χ0v) is 12.7. The van der Waals surface area contributed by atoms with Gasteiger partial charge in [0.15, 0.2) is 0 Å². The molecule has 2 nitrogen and oxygen atoms in total. The summed E-state index contributed by atoms with van der Waals surface area (Å²) >= 11 is 6.42. The number of nitriles is 1. The van der Waals surface area contributed by atoms with Crippen LogP contribution in [-0.2, 0) is 0 Å². The number of nitrogens with zero attached hydrogens (tertiary/aromatic N) is 1. The number of allylic oxidation sites excluding steroid dienone is 6. The summed E-state index contributed by atoms with van der Waals surface area (Å²) < 4.78 is 0. The lowest BCUT2D eigenvalue weighted by Gasteiger charge is -2.13. The number of nitrogens with two attached hydrogens (primary N) is 1. The zero-order chi connectivity index (χ0) is 15.2. The van der Waals surface area contributed by atoms with Crippen molar-refractivity contribution in [2.75, 3.05) is 0 Å². The van der Waals surface area contributed by atoms with E-state index in [1.807, 2.05) is 43.4 Å². The minimum Gasteiger partial charge on any atom is -0.399 e. The maximum atomic E-state index is 9.05. The molecule has 0 atom stereocenters. The molecule has 1 aromatic carbocycles. The molecule has 106 valence electrons. The van der Waals surface area contributed by atoms with Gasteiger partial charge in [-0.05, 0) is 54.7 Å². The van der Waals surface area contributed by atoms with E-state index in [1.165, 1.54) is 0 Å². The van der Waals surface area contributed by atoms with Crippen LogP contribution in [0.25, 0.3) is 11.6 Å². The highest BCUT2D eigenvalue weighted by Crippen LogP contribution is 2.32. The Bertz CT molecular complexity index is 700. The molecule has 0 amide bonds. The summed E-state index contributed by atoms with van der Waals surface area (Å²) in [5, 5.41) is 9.67. The van der Waals surface area contributed by atoms with Crippen LogP contribution in [0.5, 0.6) is 0 Å². The molecule has 0 radical (unpaired) electrons. The number of benzene rings is 1. The molecule has 0 aromatic heterocycles. The second-order valence-electron chi connectivity index (χ2n) is 4.81. The number of hydrogen-bond acceptors (Lipinski definition) is 2. The summed E-state index contributed by atoms with van der Waals surface area (Å²) in [7, 11) is 0. The molecule has 0 spiro atoms. The molecule has 0 saturated carbocycles. The van der Waals surface area contributed by atoms with Crippen molar-refractivity contribution in [2.45, 2.75) is 19.8 Å². The Morgan fingerprint density at radius 2 is 2.05 bits per heavy atom. The van der Waals surface area contributed by atoms with Crippen LogP contribution in [0.1, 0.15) is 36.5 Å². The van der Waals surface area contributed by atoms with Crippen LogP contribution in [0.3, 0.4) is 0 Å². The highest BCUT2D eigenvalue weighted by molar-refractivity contribution is 6.37. The number of hydrogen-bond donors (Lipinski definition) is 1. The summed E-state index contributed by atoms with van der Waals surface area (Å²) in [6.45, 7) is 1.95. The van der Waals surface area contributed by atoms with Gasteiger partial charge in [-0.2, -0.15) is 5.26 Å². The van der Waals surface area contributed by atoms with Gasteiger partial charge in [-0.1, -0.05) is 42.0 Å². The molecule has 21 heavy (non-hydrogen) atoms. The van der Waals surface area contributed by atoms with Crippen LogP contribution in [-0.4, -0.2) is 0 Å². The van der Waals surface area contributed by atoms with E-state index in [4.69, 9.17) is 22.6 Å². The Morgan fingerprint density at radius 3 is 2.76 bits per heavy atom. The van der Waals surface area contributed by atoms with Gasteiger partial charge in [-0.25, -0.2) is 0 Å². The second-order valence-corrected chi connectivity index (χ2v) is 5.21. The largest absolute Gasteiger partial charge is 0.399 e. The minimum absolute atomic E-state index is 0.624. The van der Waals surface area contributed by atoms with Crippen molar-refractivity contribution in [3.05, 3.63) is 69.9 Å². The van der Waals surface area contributed by atoms with Gasteiger partial charge in [0, 0.05) is 5.70 Å². The van der Waals surface area contributed by atoms with E-state index < -0.39 is 0 Å². The molecule has 0 saturated heterocycles. The first-order chi connectivity index (χ1) is 10.2. The van der Waals surface area contributed by atoms with Crippen LogP contribution in [0.2, 0.25) is 0 Å². The third-order valence-corrected chi connectivity index (χ3v) is 3.58. The smallest absolute Gasteiger partial charge is 0.0991 e.